The molecule has 1 aliphatic rings. The van der Waals surface area contributed by atoms with Crippen molar-refractivity contribution in [1.29, 1.82) is 0 Å². The summed E-state index contributed by atoms with van der Waals surface area (Å²) in [6, 6.07) is 13.9. The van der Waals surface area contributed by atoms with Gasteiger partial charge in [-0.1, -0.05) is 30.3 Å². The summed E-state index contributed by atoms with van der Waals surface area (Å²) in [6.07, 6.45) is -2.98. The first-order chi connectivity index (χ1) is 12.3. The highest BCUT2D eigenvalue weighted by molar-refractivity contribution is 5.73. The molecule has 2 aromatic carbocycles. The molecule has 10 heteroatoms. The molecular formula is C16H10F3N4O3. The van der Waals surface area contributed by atoms with Gasteiger partial charge in [0.2, 0.25) is 0 Å². The fourth-order valence-electron chi connectivity index (χ4n) is 2.15. The molecule has 0 saturated carbocycles. The van der Waals surface area contributed by atoms with Gasteiger partial charge in [-0.2, -0.15) is 13.2 Å². The van der Waals surface area contributed by atoms with Gasteiger partial charge in [-0.3, -0.25) is 0 Å². The minimum absolute atomic E-state index is 0.630. The van der Waals surface area contributed by atoms with E-state index in [1.165, 1.54) is 0 Å². The van der Waals surface area contributed by atoms with Crippen molar-refractivity contribution in [2.24, 2.45) is 0 Å². The van der Waals surface area contributed by atoms with Gasteiger partial charge >= 0.3 is 12.1 Å². The van der Waals surface area contributed by atoms with Crippen LogP contribution in [0.1, 0.15) is 11.1 Å². The number of fused-ring (bicyclic) bond motifs is 2. The average Bonchev–Trinajstić information content (AvgIpc) is 3.14. The molecule has 26 heavy (non-hydrogen) atoms. The van der Waals surface area contributed by atoms with Crippen LogP contribution >= 0.6 is 0 Å². The Kier molecular flexibility index (Phi) is 4.57. The van der Waals surface area contributed by atoms with Gasteiger partial charge in [-0.05, 0) is 22.6 Å². The third-order valence-electron chi connectivity index (χ3n) is 3.32. The first-order valence-electron chi connectivity index (χ1n) is 7.14. The topological polar surface area (TPSA) is 101 Å². The highest BCUT2D eigenvalue weighted by Gasteiger charge is 2.38. The quantitative estimate of drug-likeness (QED) is 0.539. The predicted molar refractivity (Wildman–Crippen MR) is 82.3 cm³/mol. The number of carboxylic acids is 1. The molecule has 0 spiro atoms. The van der Waals surface area contributed by atoms with Gasteiger partial charge in [-0.25, -0.2) is 9.89 Å². The van der Waals surface area contributed by atoms with E-state index in [1.807, 2.05) is 42.5 Å². The molecule has 0 saturated heterocycles. The van der Waals surface area contributed by atoms with E-state index < -0.39 is 12.1 Å². The Labute approximate surface area is 144 Å². The normalized spacial score (nSPS) is 12.1. The Balaban J connectivity index is 0.000000242. The number of benzene rings is 2. The lowest BCUT2D eigenvalue weighted by molar-refractivity contribution is -0.192. The zero-order valence-corrected chi connectivity index (χ0v) is 12.9. The monoisotopic (exact) mass is 363 g/mol. The number of nitrogens with zero attached hydrogens (tertiary/aromatic N) is 3. The number of hydrogen-bond donors (Lipinski definition) is 2. The number of carboxylic acid groups (broad SMARTS) is 1. The molecule has 7 nitrogen and oxygen atoms in total. The Morgan fingerprint density at radius 1 is 1.08 bits per heavy atom. The highest BCUT2D eigenvalue weighted by atomic mass is 19.4. The van der Waals surface area contributed by atoms with Crippen molar-refractivity contribution >= 4 is 5.97 Å². The van der Waals surface area contributed by atoms with Crippen LogP contribution in [0.4, 0.5) is 13.2 Å². The smallest absolute Gasteiger partial charge is 0.475 e. The van der Waals surface area contributed by atoms with Crippen molar-refractivity contribution in [3.05, 3.63) is 60.0 Å². The van der Waals surface area contributed by atoms with E-state index in [1.54, 1.807) is 0 Å². The fourth-order valence-corrected chi connectivity index (χ4v) is 2.15. The summed E-state index contributed by atoms with van der Waals surface area (Å²) in [7, 11) is 0. The van der Waals surface area contributed by atoms with Crippen LogP contribution in [0, 0.1) is 6.42 Å². The van der Waals surface area contributed by atoms with E-state index in [2.05, 4.69) is 27.0 Å². The first kappa shape index (κ1) is 17.4. The van der Waals surface area contributed by atoms with Gasteiger partial charge in [0, 0.05) is 23.1 Å². The molecule has 1 radical (unpaired) electrons. The molecule has 2 heterocycles. The lowest BCUT2D eigenvalue weighted by atomic mass is 9.99. The molecule has 1 aliphatic heterocycles. The molecule has 0 bridgehead atoms. The summed E-state index contributed by atoms with van der Waals surface area (Å²) >= 11 is 0. The van der Waals surface area contributed by atoms with Crippen LogP contribution in [-0.4, -0.2) is 37.9 Å². The Morgan fingerprint density at radius 3 is 2.42 bits per heavy atom. The summed E-state index contributed by atoms with van der Waals surface area (Å²) in [6.45, 7) is 0. The second kappa shape index (κ2) is 6.82. The number of rotatable bonds is 1. The van der Waals surface area contributed by atoms with Gasteiger partial charge in [0.15, 0.2) is 5.82 Å². The first-order valence-corrected chi connectivity index (χ1v) is 7.14. The second-order valence-corrected chi connectivity index (χ2v) is 5.09. The lowest BCUT2D eigenvalue weighted by Gasteiger charge is -2.20. The van der Waals surface area contributed by atoms with Crippen molar-refractivity contribution in [2.45, 2.75) is 6.18 Å². The number of alkyl halides is 3. The minimum atomic E-state index is -5.08. The van der Waals surface area contributed by atoms with Crippen LogP contribution in [0.5, 0.6) is 11.5 Å². The summed E-state index contributed by atoms with van der Waals surface area (Å²) < 4.78 is 37.6. The molecule has 133 valence electrons. The summed E-state index contributed by atoms with van der Waals surface area (Å²) in [4.78, 5) is 8.90. The number of nitrogens with one attached hydrogen (secondary N) is 1. The molecule has 0 unspecified atom stereocenters. The van der Waals surface area contributed by atoms with Crippen LogP contribution in [0.2, 0.25) is 0 Å². The van der Waals surface area contributed by atoms with E-state index in [0.29, 0.717) is 5.82 Å². The van der Waals surface area contributed by atoms with Crippen molar-refractivity contribution in [3.8, 4) is 22.9 Å². The van der Waals surface area contributed by atoms with Crippen LogP contribution in [0.25, 0.3) is 11.4 Å². The lowest BCUT2D eigenvalue weighted by Crippen LogP contribution is -2.21. The fraction of sp³-hybridized carbons (Fsp3) is 0.0625. The van der Waals surface area contributed by atoms with E-state index in [0.717, 1.165) is 28.2 Å². The number of tetrazole rings is 1. The van der Waals surface area contributed by atoms with Gasteiger partial charge in [0.05, 0.1) is 0 Å². The van der Waals surface area contributed by atoms with Crippen LogP contribution in [0.3, 0.4) is 0 Å². The summed E-state index contributed by atoms with van der Waals surface area (Å²) in [5, 5.41) is 20.9. The summed E-state index contributed by atoms with van der Waals surface area (Å²) in [5.74, 6) is -0.451. The van der Waals surface area contributed by atoms with Crippen LogP contribution < -0.4 is 4.74 Å². The second-order valence-electron chi connectivity index (χ2n) is 5.09. The number of aromatic nitrogens is 4. The zero-order valence-electron chi connectivity index (χ0n) is 12.9. The van der Waals surface area contributed by atoms with Gasteiger partial charge in [0.25, 0.3) is 0 Å². The molecule has 3 aromatic rings. The third-order valence-corrected chi connectivity index (χ3v) is 3.32. The largest absolute Gasteiger partial charge is 0.490 e. The number of aliphatic carboxylic acids is 1. The molecule has 0 aliphatic carbocycles. The van der Waals surface area contributed by atoms with Crippen LogP contribution in [0.15, 0.2) is 42.5 Å². The van der Waals surface area contributed by atoms with E-state index in [-0.39, 0.29) is 0 Å². The maximum Gasteiger partial charge on any atom is 0.490 e. The van der Waals surface area contributed by atoms with Crippen molar-refractivity contribution in [1.82, 2.24) is 20.6 Å². The maximum atomic E-state index is 10.6. The van der Waals surface area contributed by atoms with Crippen molar-refractivity contribution in [3.63, 3.8) is 0 Å². The van der Waals surface area contributed by atoms with E-state index in [9.17, 15) is 13.2 Å². The molecule has 4 rings (SSSR count). The van der Waals surface area contributed by atoms with Crippen molar-refractivity contribution in [2.75, 3.05) is 0 Å². The summed E-state index contributed by atoms with van der Waals surface area (Å²) in [5.41, 5.74) is 3.04. The molecule has 1 aromatic heterocycles. The number of halogens is 3. The zero-order chi connectivity index (χ0) is 18.7. The molecule has 2 N–H and O–H groups in total. The van der Waals surface area contributed by atoms with E-state index in [4.69, 9.17) is 14.6 Å². The van der Waals surface area contributed by atoms with Gasteiger partial charge in [-0.15, -0.1) is 5.10 Å². The number of ether oxygens (including phenoxy) is 1. The van der Waals surface area contributed by atoms with Crippen LogP contribution in [-0.2, 0) is 4.79 Å². The Hall–Kier alpha value is -3.43. The third kappa shape index (κ3) is 3.79. The number of carbonyl (C=O) groups is 1. The minimum Gasteiger partial charge on any atom is -0.475 e. The molecule has 0 amide bonds. The Bertz CT molecular complexity index is 927. The van der Waals surface area contributed by atoms with E-state index >= 15 is 0 Å². The number of aromatic amines is 1. The molecule has 0 fully saturated rings. The molecular weight excluding hydrogens is 353 g/mol. The highest BCUT2D eigenvalue weighted by Crippen LogP contribution is 2.38. The van der Waals surface area contributed by atoms with Gasteiger partial charge < -0.3 is 9.84 Å². The van der Waals surface area contributed by atoms with Gasteiger partial charge in [0.1, 0.15) is 11.5 Å². The predicted octanol–water partition coefficient (Wildman–Crippen LogP) is 3.21. The maximum absolute atomic E-state index is 10.6. The SMILES string of the molecule is O=C(O)C(F)(F)F.[CH]1c2ccccc2Oc2cc(-c3nnn[nH]3)ccc21. The van der Waals surface area contributed by atoms with Crippen molar-refractivity contribution < 1.29 is 27.8 Å². The standard InChI is InChI=1S/C14H9N4O.C2HF3O2/c1-2-4-12-9(3-1)7-10-5-6-11(8-13(10)19-12)14-15-17-18-16-14;3-2(4,5)1(6)7/h1-8H,(H,15,16,17,18);(H,6,7). The number of para-hydroxylation sites is 1. The number of hydrogen-bond acceptors (Lipinski definition) is 5. The Morgan fingerprint density at radius 2 is 1.77 bits per heavy atom. The average molecular weight is 363 g/mol. The number of H-pyrrole nitrogens is 1. The molecule has 0 atom stereocenters.